The van der Waals surface area contributed by atoms with Crippen LogP contribution in [0.1, 0.15) is 16.8 Å². The van der Waals surface area contributed by atoms with Gasteiger partial charge < -0.3 is 15.0 Å². The fourth-order valence-corrected chi connectivity index (χ4v) is 2.93. The second kappa shape index (κ2) is 7.58. The van der Waals surface area contributed by atoms with E-state index in [-0.39, 0.29) is 24.8 Å². The number of nitrogens with zero attached hydrogens (tertiary/aromatic N) is 1. The normalized spacial score (nSPS) is 16.5. The first-order valence-electron chi connectivity index (χ1n) is 8.03. The third-order valence-corrected chi connectivity index (χ3v) is 4.46. The minimum absolute atomic E-state index is 0.132. The van der Waals surface area contributed by atoms with Crippen molar-refractivity contribution in [2.24, 2.45) is 5.92 Å². The Balaban J connectivity index is 1.67. The van der Waals surface area contributed by atoms with E-state index in [9.17, 15) is 14.4 Å². The van der Waals surface area contributed by atoms with Crippen LogP contribution in [0.4, 0.5) is 11.4 Å². The van der Waals surface area contributed by atoms with Crippen LogP contribution in [0.2, 0.25) is 5.02 Å². The second-order valence-electron chi connectivity index (χ2n) is 5.94. The van der Waals surface area contributed by atoms with Crippen molar-refractivity contribution in [3.8, 4) is 0 Å². The number of anilines is 2. The van der Waals surface area contributed by atoms with E-state index in [1.165, 1.54) is 7.11 Å². The lowest BCUT2D eigenvalue weighted by atomic mass is 10.1. The highest BCUT2D eigenvalue weighted by Gasteiger charge is 2.35. The summed E-state index contributed by atoms with van der Waals surface area (Å²) in [7, 11) is 1.31. The number of nitrogens with one attached hydrogen (secondary N) is 1. The van der Waals surface area contributed by atoms with Gasteiger partial charge in [-0.25, -0.2) is 4.79 Å². The summed E-state index contributed by atoms with van der Waals surface area (Å²) in [6, 6.07) is 13.3. The highest BCUT2D eigenvalue weighted by Crippen LogP contribution is 2.26. The maximum absolute atomic E-state index is 12.4. The van der Waals surface area contributed by atoms with Crippen molar-refractivity contribution >= 4 is 40.8 Å². The number of methoxy groups -OCH3 is 1. The Labute approximate surface area is 155 Å². The summed E-state index contributed by atoms with van der Waals surface area (Å²) in [5, 5.41) is 3.38. The zero-order chi connectivity index (χ0) is 18.7. The number of ether oxygens (including phenoxy) is 1. The topological polar surface area (TPSA) is 75.7 Å². The van der Waals surface area contributed by atoms with Gasteiger partial charge in [-0.05, 0) is 48.5 Å². The largest absolute Gasteiger partial charge is 0.465 e. The first-order chi connectivity index (χ1) is 12.5. The van der Waals surface area contributed by atoms with Gasteiger partial charge in [0.1, 0.15) is 0 Å². The zero-order valence-electron chi connectivity index (χ0n) is 14.1. The molecular formula is C19H17ClN2O4. The van der Waals surface area contributed by atoms with Crippen molar-refractivity contribution < 1.29 is 19.1 Å². The SMILES string of the molecule is COC(=O)c1ccc(N2CC(C(=O)Nc3ccc(Cl)cc3)CC2=O)cc1. The lowest BCUT2D eigenvalue weighted by Gasteiger charge is -2.17. The van der Waals surface area contributed by atoms with Crippen molar-refractivity contribution in [2.75, 3.05) is 23.9 Å². The molecule has 6 nitrogen and oxygen atoms in total. The van der Waals surface area contributed by atoms with E-state index >= 15 is 0 Å². The molecule has 1 N–H and O–H groups in total. The number of carbonyl (C=O) groups excluding carboxylic acids is 3. The molecule has 1 fully saturated rings. The summed E-state index contributed by atoms with van der Waals surface area (Å²) in [6.45, 7) is 0.288. The predicted molar refractivity (Wildman–Crippen MR) is 98.3 cm³/mol. The highest BCUT2D eigenvalue weighted by atomic mass is 35.5. The smallest absolute Gasteiger partial charge is 0.337 e. The number of halogens is 1. The molecule has 3 rings (SSSR count). The van der Waals surface area contributed by atoms with Crippen LogP contribution in [-0.4, -0.2) is 31.4 Å². The van der Waals surface area contributed by atoms with Crippen LogP contribution in [0.15, 0.2) is 48.5 Å². The Morgan fingerprint density at radius 3 is 2.38 bits per heavy atom. The number of amides is 2. The molecule has 2 amide bonds. The zero-order valence-corrected chi connectivity index (χ0v) is 14.8. The quantitative estimate of drug-likeness (QED) is 0.837. The van der Waals surface area contributed by atoms with E-state index in [0.717, 1.165) is 0 Å². The Hall–Kier alpha value is -2.86. The van der Waals surface area contributed by atoms with Gasteiger partial charge in [-0.2, -0.15) is 0 Å². The number of esters is 1. The fourth-order valence-electron chi connectivity index (χ4n) is 2.81. The Kier molecular flexibility index (Phi) is 5.23. The number of carbonyl (C=O) groups is 3. The van der Waals surface area contributed by atoms with E-state index in [1.54, 1.807) is 53.4 Å². The van der Waals surface area contributed by atoms with E-state index < -0.39 is 11.9 Å². The molecule has 1 saturated heterocycles. The minimum Gasteiger partial charge on any atom is -0.465 e. The van der Waals surface area contributed by atoms with Gasteiger partial charge in [0, 0.05) is 29.4 Å². The number of hydrogen-bond acceptors (Lipinski definition) is 4. The van der Waals surface area contributed by atoms with Crippen molar-refractivity contribution in [3.63, 3.8) is 0 Å². The monoisotopic (exact) mass is 372 g/mol. The van der Waals surface area contributed by atoms with Gasteiger partial charge >= 0.3 is 5.97 Å². The van der Waals surface area contributed by atoms with Crippen molar-refractivity contribution in [1.29, 1.82) is 0 Å². The molecule has 1 aliphatic heterocycles. The molecule has 0 radical (unpaired) electrons. The summed E-state index contributed by atoms with van der Waals surface area (Å²) >= 11 is 5.83. The van der Waals surface area contributed by atoms with Crippen LogP contribution in [0.5, 0.6) is 0 Å². The van der Waals surface area contributed by atoms with Gasteiger partial charge in [0.15, 0.2) is 0 Å². The number of benzene rings is 2. The molecule has 1 aliphatic rings. The standard InChI is InChI=1S/C19H17ClN2O4/c1-26-19(25)12-2-8-16(9-3-12)22-11-13(10-17(22)23)18(24)21-15-6-4-14(20)5-7-15/h2-9,13H,10-11H2,1H3,(H,21,24). The van der Waals surface area contributed by atoms with Gasteiger partial charge in [-0.3, -0.25) is 9.59 Å². The van der Waals surface area contributed by atoms with Crippen molar-refractivity contribution in [1.82, 2.24) is 0 Å². The van der Waals surface area contributed by atoms with Gasteiger partial charge in [0.05, 0.1) is 18.6 Å². The molecule has 26 heavy (non-hydrogen) atoms. The summed E-state index contributed by atoms with van der Waals surface area (Å²) < 4.78 is 4.65. The van der Waals surface area contributed by atoms with Crippen LogP contribution in [0, 0.1) is 5.92 Å². The number of rotatable bonds is 4. The average molecular weight is 373 g/mol. The summed E-state index contributed by atoms with van der Waals surface area (Å²) in [6.07, 6.45) is 0.137. The average Bonchev–Trinajstić information content (AvgIpc) is 3.05. The Bertz CT molecular complexity index is 834. The molecule has 1 unspecified atom stereocenters. The molecule has 7 heteroatoms. The van der Waals surface area contributed by atoms with Gasteiger partial charge in [-0.15, -0.1) is 0 Å². The van der Waals surface area contributed by atoms with Gasteiger partial charge in [-0.1, -0.05) is 11.6 Å². The van der Waals surface area contributed by atoms with Crippen LogP contribution in [0.3, 0.4) is 0 Å². The molecule has 0 saturated carbocycles. The second-order valence-corrected chi connectivity index (χ2v) is 6.38. The maximum atomic E-state index is 12.4. The molecule has 0 bridgehead atoms. The van der Waals surface area contributed by atoms with E-state index in [0.29, 0.717) is 22.0 Å². The van der Waals surface area contributed by atoms with Crippen molar-refractivity contribution in [3.05, 3.63) is 59.1 Å². The van der Waals surface area contributed by atoms with Crippen molar-refractivity contribution in [2.45, 2.75) is 6.42 Å². The molecule has 2 aromatic rings. The summed E-state index contributed by atoms with van der Waals surface area (Å²) in [5.41, 5.74) is 1.68. The van der Waals surface area contributed by atoms with E-state index in [1.807, 2.05) is 0 Å². The van der Waals surface area contributed by atoms with Crippen LogP contribution in [0.25, 0.3) is 0 Å². The maximum Gasteiger partial charge on any atom is 0.337 e. The predicted octanol–water partition coefficient (Wildman–Crippen LogP) is 3.12. The molecule has 1 atom stereocenters. The first-order valence-corrected chi connectivity index (χ1v) is 8.41. The van der Waals surface area contributed by atoms with E-state index in [2.05, 4.69) is 10.1 Å². The molecular weight excluding hydrogens is 356 g/mol. The highest BCUT2D eigenvalue weighted by molar-refractivity contribution is 6.30. The van der Waals surface area contributed by atoms with E-state index in [4.69, 9.17) is 11.6 Å². The molecule has 0 aromatic heterocycles. The lowest BCUT2D eigenvalue weighted by Crippen LogP contribution is -2.28. The minimum atomic E-state index is -0.446. The van der Waals surface area contributed by atoms with Gasteiger partial charge in [0.2, 0.25) is 11.8 Å². The Morgan fingerprint density at radius 1 is 1.12 bits per heavy atom. The molecule has 0 aliphatic carbocycles. The van der Waals surface area contributed by atoms with Crippen LogP contribution >= 0.6 is 11.6 Å². The molecule has 134 valence electrons. The fraction of sp³-hybridized carbons (Fsp3) is 0.211. The molecule has 2 aromatic carbocycles. The number of hydrogen-bond donors (Lipinski definition) is 1. The van der Waals surface area contributed by atoms with Gasteiger partial charge in [0.25, 0.3) is 0 Å². The van der Waals surface area contributed by atoms with Crippen LogP contribution < -0.4 is 10.2 Å². The first kappa shape index (κ1) is 17.9. The molecule has 1 heterocycles. The lowest BCUT2D eigenvalue weighted by molar-refractivity contribution is -0.122. The van der Waals surface area contributed by atoms with Crippen LogP contribution in [-0.2, 0) is 14.3 Å². The third-order valence-electron chi connectivity index (χ3n) is 4.21. The summed E-state index contributed by atoms with van der Waals surface area (Å²) in [4.78, 5) is 37.7. The Morgan fingerprint density at radius 2 is 1.77 bits per heavy atom. The molecule has 0 spiro atoms. The summed E-state index contributed by atoms with van der Waals surface area (Å²) in [5.74, 6) is -1.23. The third kappa shape index (κ3) is 3.86.